The number of halogens is 3. The summed E-state index contributed by atoms with van der Waals surface area (Å²) in [5.74, 6) is 0.0571. The lowest BCUT2D eigenvalue weighted by molar-refractivity contribution is 0.437. The van der Waals surface area contributed by atoms with Gasteiger partial charge in [0.25, 0.3) is 0 Å². The van der Waals surface area contributed by atoms with Crippen molar-refractivity contribution in [3.8, 4) is 11.5 Å². The maximum Gasteiger partial charge on any atom is 0.184 e. The van der Waals surface area contributed by atoms with E-state index in [0.717, 1.165) is 5.56 Å². The Morgan fingerprint density at radius 2 is 1.95 bits per heavy atom. The van der Waals surface area contributed by atoms with E-state index in [1.165, 1.54) is 12.1 Å². The zero-order valence-corrected chi connectivity index (χ0v) is 11.7. The number of benzene rings is 2. The fraction of sp³-hybridized carbons (Fsp3) is 0.143. The first kappa shape index (κ1) is 14.1. The Balaban J connectivity index is 2.35. The van der Waals surface area contributed by atoms with Crippen molar-refractivity contribution in [3.63, 3.8) is 0 Å². The van der Waals surface area contributed by atoms with Crippen LogP contribution in [0.15, 0.2) is 36.4 Å². The third-order valence-corrected chi connectivity index (χ3v) is 3.05. The van der Waals surface area contributed by atoms with Crippen LogP contribution >= 0.6 is 23.2 Å². The van der Waals surface area contributed by atoms with E-state index in [1.54, 1.807) is 24.3 Å². The number of hydrogen-bond donors (Lipinski definition) is 1. The summed E-state index contributed by atoms with van der Waals surface area (Å²) in [7, 11) is 1.81. The molecule has 0 heterocycles. The van der Waals surface area contributed by atoms with Gasteiger partial charge in [0, 0.05) is 17.1 Å². The standard InChI is InChI=1S/C14H12Cl2FNO/c1-18-8-9-7-10(15)5-6-12(9)19-13-4-2-3-11(16)14(13)17/h2-7,18H,8H2,1H3. The number of rotatable bonds is 4. The van der Waals surface area contributed by atoms with Crippen LogP contribution in [0, 0.1) is 5.82 Å². The minimum atomic E-state index is -0.575. The summed E-state index contributed by atoms with van der Waals surface area (Å²) in [6.45, 7) is 0.568. The van der Waals surface area contributed by atoms with E-state index in [0.29, 0.717) is 17.3 Å². The lowest BCUT2D eigenvalue weighted by Crippen LogP contribution is -2.06. The Morgan fingerprint density at radius 1 is 1.16 bits per heavy atom. The summed E-state index contributed by atoms with van der Waals surface area (Å²) in [6.07, 6.45) is 0. The molecule has 0 saturated carbocycles. The van der Waals surface area contributed by atoms with Gasteiger partial charge >= 0.3 is 0 Å². The van der Waals surface area contributed by atoms with Gasteiger partial charge in [-0.25, -0.2) is 4.39 Å². The number of hydrogen-bond acceptors (Lipinski definition) is 2. The molecule has 2 nitrogen and oxygen atoms in total. The van der Waals surface area contributed by atoms with E-state index in [9.17, 15) is 4.39 Å². The van der Waals surface area contributed by atoms with Crippen molar-refractivity contribution in [2.45, 2.75) is 6.54 Å². The van der Waals surface area contributed by atoms with E-state index in [4.69, 9.17) is 27.9 Å². The number of nitrogens with one attached hydrogen (secondary N) is 1. The summed E-state index contributed by atoms with van der Waals surface area (Å²) in [5.41, 5.74) is 0.842. The van der Waals surface area contributed by atoms with Crippen LogP contribution in [0.2, 0.25) is 10.0 Å². The third-order valence-electron chi connectivity index (χ3n) is 2.53. The van der Waals surface area contributed by atoms with Crippen LogP contribution in [0.3, 0.4) is 0 Å². The van der Waals surface area contributed by atoms with Crippen LogP contribution in [0.4, 0.5) is 4.39 Å². The van der Waals surface area contributed by atoms with E-state index in [-0.39, 0.29) is 10.8 Å². The molecule has 0 unspecified atom stereocenters. The van der Waals surface area contributed by atoms with Crippen molar-refractivity contribution in [3.05, 3.63) is 57.8 Å². The van der Waals surface area contributed by atoms with E-state index < -0.39 is 5.82 Å². The average Bonchev–Trinajstić information content (AvgIpc) is 2.38. The molecule has 100 valence electrons. The molecular formula is C14H12Cl2FNO. The second-order valence-corrected chi connectivity index (χ2v) is 4.78. The molecule has 0 aliphatic carbocycles. The summed E-state index contributed by atoms with van der Waals surface area (Å²) in [5, 5.41) is 3.64. The fourth-order valence-electron chi connectivity index (χ4n) is 1.66. The van der Waals surface area contributed by atoms with E-state index >= 15 is 0 Å². The topological polar surface area (TPSA) is 21.3 Å². The molecule has 2 rings (SSSR count). The lowest BCUT2D eigenvalue weighted by atomic mass is 10.2. The minimum Gasteiger partial charge on any atom is -0.454 e. The Morgan fingerprint density at radius 3 is 2.68 bits per heavy atom. The monoisotopic (exact) mass is 299 g/mol. The van der Waals surface area contributed by atoms with E-state index in [2.05, 4.69) is 5.32 Å². The highest BCUT2D eigenvalue weighted by Crippen LogP contribution is 2.31. The van der Waals surface area contributed by atoms with Gasteiger partial charge in [-0.3, -0.25) is 0 Å². The molecule has 0 aliphatic rings. The predicted octanol–water partition coefficient (Wildman–Crippen LogP) is 4.64. The molecule has 0 saturated heterocycles. The molecule has 0 aromatic heterocycles. The zero-order chi connectivity index (χ0) is 13.8. The van der Waals surface area contributed by atoms with Gasteiger partial charge in [0.1, 0.15) is 5.75 Å². The van der Waals surface area contributed by atoms with E-state index in [1.807, 2.05) is 7.05 Å². The van der Waals surface area contributed by atoms with Crippen LogP contribution in [0.1, 0.15) is 5.56 Å². The molecule has 0 bridgehead atoms. The predicted molar refractivity (Wildman–Crippen MR) is 75.7 cm³/mol. The summed E-state index contributed by atoms with van der Waals surface area (Å²) in [4.78, 5) is 0. The molecule has 0 atom stereocenters. The van der Waals surface area contributed by atoms with Gasteiger partial charge in [0.2, 0.25) is 0 Å². The van der Waals surface area contributed by atoms with Crippen molar-refractivity contribution in [2.75, 3.05) is 7.05 Å². The molecular weight excluding hydrogens is 288 g/mol. The van der Waals surface area contributed by atoms with Crippen molar-refractivity contribution in [1.29, 1.82) is 0 Å². The zero-order valence-electron chi connectivity index (χ0n) is 10.2. The van der Waals surface area contributed by atoms with Crippen molar-refractivity contribution in [2.24, 2.45) is 0 Å². The Kier molecular flexibility index (Phi) is 4.64. The Hall–Kier alpha value is -1.29. The molecule has 2 aromatic carbocycles. The summed E-state index contributed by atoms with van der Waals surface area (Å²) >= 11 is 11.7. The molecule has 0 aliphatic heterocycles. The molecule has 5 heteroatoms. The Labute approximate surface area is 121 Å². The normalized spacial score (nSPS) is 10.5. The maximum absolute atomic E-state index is 13.8. The molecule has 1 N–H and O–H groups in total. The molecule has 19 heavy (non-hydrogen) atoms. The van der Waals surface area contributed by atoms with Crippen molar-refractivity contribution < 1.29 is 9.13 Å². The largest absolute Gasteiger partial charge is 0.454 e. The SMILES string of the molecule is CNCc1cc(Cl)ccc1Oc1cccc(Cl)c1F. The first-order valence-electron chi connectivity index (χ1n) is 5.66. The minimum absolute atomic E-state index is 0.0293. The first-order valence-corrected chi connectivity index (χ1v) is 6.42. The quantitative estimate of drug-likeness (QED) is 0.888. The van der Waals surface area contributed by atoms with Gasteiger partial charge in [-0.05, 0) is 37.4 Å². The number of ether oxygens (including phenoxy) is 1. The van der Waals surface area contributed by atoms with Crippen LogP contribution in [-0.4, -0.2) is 7.05 Å². The highest BCUT2D eigenvalue weighted by Gasteiger charge is 2.11. The highest BCUT2D eigenvalue weighted by molar-refractivity contribution is 6.31. The van der Waals surface area contributed by atoms with Crippen LogP contribution in [0.5, 0.6) is 11.5 Å². The van der Waals surface area contributed by atoms with Gasteiger partial charge in [-0.15, -0.1) is 0 Å². The van der Waals surface area contributed by atoms with Gasteiger partial charge in [0.05, 0.1) is 5.02 Å². The molecule has 0 amide bonds. The molecule has 0 spiro atoms. The summed E-state index contributed by atoms with van der Waals surface area (Å²) < 4.78 is 19.4. The lowest BCUT2D eigenvalue weighted by Gasteiger charge is -2.12. The third kappa shape index (κ3) is 3.38. The average molecular weight is 300 g/mol. The maximum atomic E-state index is 13.8. The first-order chi connectivity index (χ1) is 9.11. The van der Waals surface area contributed by atoms with Crippen LogP contribution in [0.25, 0.3) is 0 Å². The van der Waals surface area contributed by atoms with Crippen molar-refractivity contribution >= 4 is 23.2 Å². The Bertz CT molecular complexity index is 590. The van der Waals surface area contributed by atoms with Gasteiger partial charge in [-0.2, -0.15) is 0 Å². The van der Waals surface area contributed by atoms with Gasteiger partial charge in [-0.1, -0.05) is 29.3 Å². The molecule has 0 radical (unpaired) electrons. The van der Waals surface area contributed by atoms with Crippen LogP contribution < -0.4 is 10.1 Å². The highest BCUT2D eigenvalue weighted by atomic mass is 35.5. The van der Waals surface area contributed by atoms with Crippen molar-refractivity contribution in [1.82, 2.24) is 5.32 Å². The smallest absolute Gasteiger partial charge is 0.184 e. The second-order valence-electron chi connectivity index (χ2n) is 3.94. The molecule has 2 aromatic rings. The van der Waals surface area contributed by atoms with Crippen LogP contribution in [-0.2, 0) is 6.54 Å². The fourth-order valence-corrected chi connectivity index (χ4v) is 2.02. The van der Waals surface area contributed by atoms with Gasteiger partial charge < -0.3 is 10.1 Å². The summed E-state index contributed by atoms with van der Waals surface area (Å²) in [6, 6.07) is 9.80. The second kappa shape index (κ2) is 6.24. The van der Waals surface area contributed by atoms with Gasteiger partial charge in [0.15, 0.2) is 11.6 Å². The molecule has 0 fully saturated rings.